The number of rotatable bonds is 3. The zero-order chi connectivity index (χ0) is 14.2. The van der Waals surface area contributed by atoms with Crippen LogP contribution in [0.2, 0.25) is 0 Å². The molecule has 2 rings (SSSR count). The second-order valence-corrected chi connectivity index (χ2v) is 6.99. The maximum absolute atomic E-state index is 11.1. The van der Waals surface area contributed by atoms with Crippen molar-refractivity contribution in [2.75, 3.05) is 18.0 Å². The average molecular weight is 284 g/mol. The highest BCUT2D eigenvalue weighted by molar-refractivity contribution is 7.16. The third kappa shape index (κ3) is 3.06. The first-order valence-electron chi connectivity index (χ1n) is 6.51. The van der Waals surface area contributed by atoms with E-state index in [-0.39, 0.29) is 10.6 Å². The molecule has 19 heavy (non-hydrogen) atoms. The van der Waals surface area contributed by atoms with E-state index in [0.717, 1.165) is 25.9 Å². The van der Waals surface area contributed by atoms with Gasteiger partial charge in [0.1, 0.15) is 0 Å². The van der Waals surface area contributed by atoms with E-state index in [1.807, 2.05) is 0 Å². The molecular weight excluding hydrogens is 264 g/mol. The van der Waals surface area contributed by atoms with Crippen molar-refractivity contribution in [1.29, 1.82) is 0 Å². The third-order valence-corrected chi connectivity index (χ3v) is 5.08. The smallest absolute Gasteiger partial charge is 0.304 e. The normalized spacial score (nSPS) is 20.3. The van der Waals surface area contributed by atoms with Crippen molar-refractivity contribution in [2.45, 2.75) is 39.7 Å². The summed E-state index contributed by atoms with van der Waals surface area (Å²) in [4.78, 5) is 13.5. The molecule has 1 aromatic rings. The second-order valence-electron chi connectivity index (χ2n) is 5.92. The van der Waals surface area contributed by atoms with E-state index in [2.05, 4.69) is 18.7 Å². The van der Waals surface area contributed by atoms with Crippen LogP contribution in [0, 0.1) is 15.5 Å². The lowest BCUT2D eigenvalue weighted by Crippen LogP contribution is -2.37. The molecule has 0 amide bonds. The van der Waals surface area contributed by atoms with Gasteiger partial charge in [0.15, 0.2) is 5.00 Å². The molecule has 1 fully saturated rings. The van der Waals surface area contributed by atoms with Gasteiger partial charge in [-0.05, 0) is 25.2 Å². The summed E-state index contributed by atoms with van der Waals surface area (Å²) in [5.41, 5.74) is 0.441. The van der Waals surface area contributed by atoms with Crippen LogP contribution in [-0.4, -0.2) is 23.1 Å². The number of hydrogen-bond acceptors (Lipinski definition) is 5. The summed E-state index contributed by atoms with van der Waals surface area (Å²) in [6.07, 6.45) is 1.41. The van der Waals surface area contributed by atoms with Crippen molar-refractivity contribution in [2.24, 2.45) is 5.41 Å². The Morgan fingerprint density at radius 2 is 2.05 bits per heavy atom. The molecule has 1 saturated heterocycles. The van der Waals surface area contributed by atoms with Crippen LogP contribution < -0.4 is 4.90 Å². The highest BCUT2D eigenvalue weighted by Gasteiger charge is 2.31. The summed E-state index contributed by atoms with van der Waals surface area (Å²) < 4.78 is 0. The van der Waals surface area contributed by atoms with Crippen molar-refractivity contribution in [3.05, 3.63) is 21.1 Å². The fourth-order valence-electron chi connectivity index (χ4n) is 2.27. The topological polar surface area (TPSA) is 66.6 Å². The number of anilines is 1. The van der Waals surface area contributed by atoms with Gasteiger partial charge in [-0.1, -0.05) is 13.8 Å². The quantitative estimate of drug-likeness (QED) is 0.683. The van der Waals surface area contributed by atoms with Gasteiger partial charge < -0.3 is 10.0 Å². The van der Waals surface area contributed by atoms with Crippen LogP contribution in [0.25, 0.3) is 0 Å². The molecule has 0 aliphatic carbocycles. The summed E-state index contributed by atoms with van der Waals surface area (Å²) in [6, 6.07) is 1.50. The summed E-state index contributed by atoms with van der Waals surface area (Å²) in [6.45, 7) is 7.78. The lowest BCUT2D eigenvalue weighted by Gasteiger charge is -2.37. The van der Waals surface area contributed by atoms with Crippen molar-refractivity contribution in [1.82, 2.24) is 0 Å². The highest BCUT2D eigenvalue weighted by Crippen LogP contribution is 2.42. The fourth-order valence-corrected chi connectivity index (χ4v) is 3.38. The van der Waals surface area contributed by atoms with E-state index in [1.165, 1.54) is 17.4 Å². The molecule has 1 N–H and O–H groups in total. The van der Waals surface area contributed by atoms with Crippen molar-refractivity contribution >= 4 is 22.0 Å². The molecule has 0 spiro atoms. The Hall–Kier alpha value is -1.14. The summed E-state index contributed by atoms with van der Waals surface area (Å²) in [5, 5.41) is 21.4. The standard InChI is InChI=1S/C13H20N2O3S/c1-9(16)11-8-10(15(17)18)12(19-11)14-6-4-13(2,3)5-7-14/h8-9,16H,4-7H2,1-3H3/t9-/m0/s1. The van der Waals surface area contributed by atoms with E-state index in [1.54, 1.807) is 6.92 Å². The first kappa shape index (κ1) is 14.3. The minimum absolute atomic E-state index is 0.126. The van der Waals surface area contributed by atoms with Crippen LogP contribution in [-0.2, 0) is 0 Å². The van der Waals surface area contributed by atoms with E-state index in [4.69, 9.17) is 0 Å². The van der Waals surface area contributed by atoms with E-state index < -0.39 is 6.10 Å². The van der Waals surface area contributed by atoms with Crippen LogP contribution in [0.3, 0.4) is 0 Å². The Labute approximate surface area is 117 Å². The van der Waals surface area contributed by atoms with Gasteiger partial charge in [0.25, 0.3) is 0 Å². The summed E-state index contributed by atoms with van der Waals surface area (Å²) in [5.74, 6) is 0. The van der Waals surface area contributed by atoms with Gasteiger partial charge in [-0.15, -0.1) is 11.3 Å². The third-order valence-electron chi connectivity index (χ3n) is 3.73. The zero-order valence-corrected chi connectivity index (χ0v) is 12.4. The van der Waals surface area contributed by atoms with Crippen LogP contribution in [0.4, 0.5) is 10.7 Å². The van der Waals surface area contributed by atoms with Gasteiger partial charge in [0, 0.05) is 24.0 Å². The molecule has 1 aliphatic rings. The first-order chi connectivity index (χ1) is 8.80. The van der Waals surface area contributed by atoms with Crippen LogP contribution in [0.5, 0.6) is 0 Å². The summed E-state index contributed by atoms with van der Waals surface area (Å²) >= 11 is 1.34. The van der Waals surface area contributed by atoms with Gasteiger partial charge in [0.05, 0.1) is 11.0 Å². The van der Waals surface area contributed by atoms with Gasteiger partial charge in [-0.25, -0.2) is 0 Å². The van der Waals surface area contributed by atoms with Gasteiger partial charge in [-0.3, -0.25) is 10.1 Å². The molecule has 5 nitrogen and oxygen atoms in total. The number of thiophene rings is 1. The Balaban J connectivity index is 2.26. The number of nitro groups is 1. The van der Waals surface area contributed by atoms with Crippen molar-refractivity contribution in [3.63, 3.8) is 0 Å². The molecule has 1 atom stereocenters. The molecule has 0 saturated carbocycles. The number of piperidine rings is 1. The Bertz CT molecular complexity index is 472. The largest absolute Gasteiger partial charge is 0.388 e. The molecule has 2 heterocycles. The maximum atomic E-state index is 11.1. The Morgan fingerprint density at radius 3 is 2.53 bits per heavy atom. The predicted octanol–water partition coefficient (Wildman–Crippen LogP) is 3.34. The fraction of sp³-hybridized carbons (Fsp3) is 0.692. The molecule has 106 valence electrons. The molecular formula is C13H20N2O3S. The molecule has 1 aromatic heterocycles. The first-order valence-corrected chi connectivity index (χ1v) is 7.33. The zero-order valence-electron chi connectivity index (χ0n) is 11.5. The number of hydrogen-bond donors (Lipinski definition) is 1. The van der Waals surface area contributed by atoms with E-state index in [0.29, 0.717) is 15.3 Å². The molecule has 0 aromatic carbocycles. The lowest BCUT2D eigenvalue weighted by molar-refractivity contribution is -0.383. The van der Waals surface area contributed by atoms with Crippen LogP contribution in [0.1, 0.15) is 44.6 Å². The van der Waals surface area contributed by atoms with Gasteiger partial charge >= 0.3 is 5.69 Å². The van der Waals surface area contributed by atoms with Gasteiger partial charge in [-0.2, -0.15) is 0 Å². The summed E-state index contributed by atoms with van der Waals surface area (Å²) in [7, 11) is 0. The van der Waals surface area contributed by atoms with E-state index >= 15 is 0 Å². The second kappa shape index (κ2) is 5.09. The predicted molar refractivity (Wildman–Crippen MR) is 76.8 cm³/mol. The number of aliphatic hydroxyl groups is 1. The molecule has 0 radical (unpaired) electrons. The van der Waals surface area contributed by atoms with Crippen molar-refractivity contribution in [3.8, 4) is 0 Å². The Kier molecular flexibility index (Phi) is 3.82. The minimum Gasteiger partial charge on any atom is -0.388 e. The highest BCUT2D eigenvalue weighted by atomic mass is 32.1. The van der Waals surface area contributed by atoms with Crippen LogP contribution >= 0.6 is 11.3 Å². The SMILES string of the molecule is C[C@H](O)c1cc([N+](=O)[O-])c(N2CCC(C)(C)CC2)s1. The Morgan fingerprint density at radius 1 is 1.47 bits per heavy atom. The lowest BCUT2D eigenvalue weighted by atomic mass is 9.83. The monoisotopic (exact) mass is 284 g/mol. The average Bonchev–Trinajstić information content (AvgIpc) is 2.74. The van der Waals surface area contributed by atoms with Gasteiger partial charge in [0.2, 0.25) is 0 Å². The molecule has 0 unspecified atom stereocenters. The van der Waals surface area contributed by atoms with Crippen LogP contribution in [0.15, 0.2) is 6.07 Å². The minimum atomic E-state index is -0.654. The molecule has 1 aliphatic heterocycles. The van der Waals surface area contributed by atoms with Crippen molar-refractivity contribution < 1.29 is 10.0 Å². The number of aliphatic hydroxyl groups excluding tert-OH is 1. The number of nitrogens with zero attached hydrogens (tertiary/aromatic N) is 2. The maximum Gasteiger partial charge on any atom is 0.304 e. The van der Waals surface area contributed by atoms with E-state index in [9.17, 15) is 15.2 Å². The molecule has 6 heteroatoms. The molecule has 0 bridgehead atoms.